The Balaban J connectivity index is 2.28. The Hall–Kier alpha value is -2.04. The van der Waals surface area contributed by atoms with Gasteiger partial charge in [-0.1, -0.05) is 13.8 Å². The molecule has 0 bridgehead atoms. The van der Waals surface area contributed by atoms with Crippen LogP contribution in [0.4, 0.5) is 8.78 Å². The van der Waals surface area contributed by atoms with Gasteiger partial charge in [0.25, 0.3) is 5.56 Å². The van der Waals surface area contributed by atoms with Gasteiger partial charge in [0.05, 0.1) is 0 Å². The number of rotatable bonds is 4. The van der Waals surface area contributed by atoms with Gasteiger partial charge in [-0.05, 0) is 30.0 Å². The molecule has 106 valence electrons. The summed E-state index contributed by atoms with van der Waals surface area (Å²) >= 11 is 0. The first-order valence-electron chi connectivity index (χ1n) is 6.46. The number of aromatic nitrogens is 2. The molecule has 0 saturated carbocycles. The van der Waals surface area contributed by atoms with E-state index >= 15 is 0 Å². The number of aromatic amines is 1. The van der Waals surface area contributed by atoms with Crippen molar-refractivity contribution >= 4 is 0 Å². The highest BCUT2D eigenvalue weighted by Gasteiger charge is 2.07. The van der Waals surface area contributed by atoms with Crippen molar-refractivity contribution < 1.29 is 8.78 Å². The fourth-order valence-corrected chi connectivity index (χ4v) is 2.08. The second kappa shape index (κ2) is 5.94. The minimum Gasteiger partial charge on any atom is -0.310 e. The maximum atomic E-state index is 13.1. The Bertz CT molecular complexity index is 645. The quantitative estimate of drug-likeness (QED) is 0.934. The van der Waals surface area contributed by atoms with Gasteiger partial charge < -0.3 is 4.98 Å². The molecule has 1 aromatic heterocycles. The molecule has 0 spiro atoms. The molecule has 0 aliphatic carbocycles. The molecule has 0 unspecified atom stereocenters. The maximum Gasteiger partial charge on any atom is 0.251 e. The standard InChI is InChI=1S/C15H16F2N2O/c1-9(2)3-13-8-15(20)19-14(18-13)6-10-4-11(16)7-12(17)5-10/h4-5,7-9H,3,6H2,1-2H3,(H,18,19,20). The van der Waals surface area contributed by atoms with Gasteiger partial charge >= 0.3 is 0 Å². The van der Waals surface area contributed by atoms with Crippen LogP contribution in [0.3, 0.4) is 0 Å². The Morgan fingerprint density at radius 3 is 2.40 bits per heavy atom. The Morgan fingerprint density at radius 2 is 1.80 bits per heavy atom. The summed E-state index contributed by atoms with van der Waals surface area (Å²) in [6.45, 7) is 4.06. The van der Waals surface area contributed by atoms with E-state index in [0.717, 1.165) is 6.07 Å². The molecule has 2 rings (SSSR count). The van der Waals surface area contributed by atoms with Gasteiger partial charge in [-0.3, -0.25) is 4.79 Å². The zero-order valence-corrected chi connectivity index (χ0v) is 11.4. The van der Waals surface area contributed by atoms with Crippen LogP contribution in [0.15, 0.2) is 29.1 Å². The molecule has 1 N–H and O–H groups in total. The van der Waals surface area contributed by atoms with E-state index in [0.29, 0.717) is 29.4 Å². The molecule has 0 atom stereocenters. The fraction of sp³-hybridized carbons (Fsp3) is 0.333. The van der Waals surface area contributed by atoms with Crippen LogP contribution >= 0.6 is 0 Å². The van der Waals surface area contributed by atoms with Crippen molar-refractivity contribution in [3.05, 3.63) is 63.3 Å². The lowest BCUT2D eigenvalue weighted by Gasteiger charge is -2.07. The summed E-state index contributed by atoms with van der Waals surface area (Å²) in [5.41, 5.74) is 0.880. The van der Waals surface area contributed by atoms with E-state index in [-0.39, 0.29) is 12.0 Å². The molecule has 1 heterocycles. The molecular formula is C15H16F2N2O. The third-order valence-corrected chi connectivity index (χ3v) is 2.76. The highest BCUT2D eigenvalue weighted by atomic mass is 19.1. The number of hydrogen-bond acceptors (Lipinski definition) is 2. The van der Waals surface area contributed by atoms with Crippen molar-refractivity contribution in [1.82, 2.24) is 9.97 Å². The van der Waals surface area contributed by atoms with E-state index in [2.05, 4.69) is 9.97 Å². The van der Waals surface area contributed by atoms with Crippen molar-refractivity contribution in [3.63, 3.8) is 0 Å². The molecule has 0 aliphatic heterocycles. The number of halogens is 2. The number of nitrogens with zero attached hydrogens (tertiary/aromatic N) is 1. The molecule has 1 aromatic carbocycles. The van der Waals surface area contributed by atoms with Crippen LogP contribution in [0.1, 0.15) is 30.9 Å². The Morgan fingerprint density at radius 1 is 1.15 bits per heavy atom. The van der Waals surface area contributed by atoms with E-state index < -0.39 is 11.6 Å². The van der Waals surface area contributed by atoms with E-state index in [1.807, 2.05) is 13.8 Å². The number of hydrogen-bond donors (Lipinski definition) is 1. The summed E-state index contributed by atoms with van der Waals surface area (Å²) in [5.74, 6) is -0.483. The van der Waals surface area contributed by atoms with Gasteiger partial charge in [-0.25, -0.2) is 13.8 Å². The first-order chi connectivity index (χ1) is 9.42. The monoisotopic (exact) mass is 278 g/mol. The van der Waals surface area contributed by atoms with Crippen molar-refractivity contribution in [2.24, 2.45) is 5.92 Å². The highest BCUT2D eigenvalue weighted by Crippen LogP contribution is 2.11. The molecule has 2 aromatic rings. The lowest BCUT2D eigenvalue weighted by molar-refractivity contribution is 0.580. The molecule has 0 amide bonds. The molecule has 0 radical (unpaired) electrons. The lowest BCUT2D eigenvalue weighted by atomic mass is 10.1. The van der Waals surface area contributed by atoms with Gasteiger partial charge in [-0.2, -0.15) is 0 Å². The predicted molar refractivity (Wildman–Crippen MR) is 72.6 cm³/mol. The van der Waals surface area contributed by atoms with Gasteiger partial charge in [0, 0.05) is 24.2 Å². The molecule has 5 heteroatoms. The van der Waals surface area contributed by atoms with Crippen LogP contribution in [-0.4, -0.2) is 9.97 Å². The van der Waals surface area contributed by atoms with Crippen LogP contribution in [0.2, 0.25) is 0 Å². The third kappa shape index (κ3) is 3.98. The summed E-state index contributed by atoms with van der Waals surface area (Å²) in [7, 11) is 0. The second-order valence-corrected chi connectivity index (χ2v) is 5.24. The zero-order chi connectivity index (χ0) is 14.7. The van der Waals surface area contributed by atoms with E-state index in [1.54, 1.807) is 0 Å². The van der Waals surface area contributed by atoms with Gasteiger partial charge in [-0.15, -0.1) is 0 Å². The summed E-state index contributed by atoms with van der Waals surface area (Å²) in [6.07, 6.45) is 0.879. The largest absolute Gasteiger partial charge is 0.310 e. The molecule has 0 fully saturated rings. The van der Waals surface area contributed by atoms with Crippen molar-refractivity contribution in [3.8, 4) is 0 Å². The van der Waals surface area contributed by atoms with Gasteiger partial charge in [0.1, 0.15) is 17.5 Å². The smallest absolute Gasteiger partial charge is 0.251 e. The minimum atomic E-state index is -0.638. The molecule has 0 aliphatic rings. The van der Waals surface area contributed by atoms with E-state index in [4.69, 9.17) is 0 Å². The average Bonchev–Trinajstić information content (AvgIpc) is 2.24. The van der Waals surface area contributed by atoms with Crippen molar-refractivity contribution in [2.45, 2.75) is 26.7 Å². The topological polar surface area (TPSA) is 45.8 Å². The van der Waals surface area contributed by atoms with E-state index in [9.17, 15) is 13.6 Å². The Labute approximate surface area is 115 Å². The minimum absolute atomic E-state index is 0.190. The SMILES string of the molecule is CC(C)Cc1cc(=O)[nH]c(Cc2cc(F)cc(F)c2)n1. The van der Waals surface area contributed by atoms with Crippen molar-refractivity contribution in [2.75, 3.05) is 0 Å². The first kappa shape index (κ1) is 14.4. The van der Waals surface area contributed by atoms with Crippen LogP contribution in [0.5, 0.6) is 0 Å². The predicted octanol–water partition coefficient (Wildman–Crippen LogP) is 2.84. The molecule has 20 heavy (non-hydrogen) atoms. The summed E-state index contributed by atoms with van der Waals surface area (Å²) in [6, 6.07) is 4.74. The second-order valence-electron chi connectivity index (χ2n) is 5.24. The molecule has 3 nitrogen and oxygen atoms in total. The molecule has 0 saturated heterocycles. The average molecular weight is 278 g/mol. The van der Waals surface area contributed by atoms with Crippen LogP contribution in [-0.2, 0) is 12.8 Å². The summed E-state index contributed by atoms with van der Waals surface area (Å²) in [4.78, 5) is 18.5. The summed E-state index contributed by atoms with van der Waals surface area (Å²) in [5, 5.41) is 0. The fourth-order valence-electron chi connectivity index (χ4n) is 2.08. The normalized spacial score (nSPS) is 11.1. The lowest BCUT2D eigenvalue weighted by Crippen LogP contribution is -2.14. The third-order valence-electron chi connectivity index (χ3n) is 2.76. The van der Waals surface area contributed by atoms with Crippen molar-refractivity contribution in [1.29, 1.82) is 0 Å². The number of benzene rings is 1. The molecular weight excluding hydrogens is 262 g/mol. The maximum absolute atomic E-state index is 13.1. The van der Waals surface area contributed by atoms with Gasteiger partial charge in [0.2, 0.25) is 0 Å². The van der Waals surface area contributed by atoms with Gasteiger partial charge in [0.15, 0.2) is 0 Å². The van der Waals surface area contributed by atoms with E-state index in [1.165, 1.54) is 18.2 Å². The highest BCUT2D eigenvalue weighted by molar-refractivity contribution is 5.21. The summed E-state index contributed by atoms with van der Waals surface area (Å²) < 4.78 is 26.3. The number of H-pyrrole nitrogens is 1. The van der Waals surface area contributed by atoms with Crippen LogP contribution < -0.4 is 5.56 Å². The Kier molecular flexibility index (Phi) is 4.27. The number of nitrogens with one attached hydrogen (secondary N) is 1. The zero-order valence-electron chi connectivity index (χ0n) is 11.4. The first-order valence-corrected chi connectivity index (χ1v) is 6.46. The van der Waals surface area contributed by atoms with Crippen LogP contribution in [0.25, 0.3) is 0 Å². The van der Waals surface area contributed by atoms with Crippen LogP contribution in [0, 0.1) is 17.6 Å².